The van der Waals surface area contributed by atoms with Crippen molar-refractivity contribution in [2.24, 2.45) is 5.92 Å². The van der Waals surface area contributed by atoms with Crippen LogP contribution < -0.4 is 10.6 Å². The maximum absolute atomic E-state index is 10.8. The molecule has 1 fully saturated rings. The van der Waals surface area contributed by atoms with Crippen LogP contribution in [0.1, 0.15) is 20.8 Å². The number of ether oxygens (including phenoxy) is 1. The molecular formula is C9H18N2O2. The van der Waals surface area contributed by atoms with Crippen LogP contribution in [0.5, 0.6) is 0 Å². The molecule has 0 aromatic heterocycles. The molecule has 0 radical (unpaired) electrons. The largest absolute Gasteiger partial charge is 0.447 e. The van der Waals surface area contributed by atoms with E-state index in [1.165, 1.54) is 0 Å². The van der Waals surface area contributed by atoms with E-state index < -0.39 is 0 Å². The molecule has 1 unspecified atom stereocenters. The maximum atomic E-state index is 10.8. The summed E-state index contributed by atoms with van der Waals surface area (Å²) < 4.78 is 4.84. The summed E-state index contributed by atoms with van der Waals surface area (Å²) in [5, 5.41) is 6.07. The Morgan fingerprint density at radius 1 is 1.69 bits per heavy atom. The van der Waals surface area contributed by atoms with Gasteiger partial charge >= 0.3 is 6.09 Å². The zero-order chi connectivity index (χ0) is 9.90. The zero-order valence-electron chi connectivity index (χ0n) is 8.52. The van der Waals surface area contributed by atoms with Crippen LogP contribution in [0.4, 0.5) is 4.79 Å². The number of hydrogen-bond donors (Lipinski definition) is 2. The summed E-state index contributed by atoms with van der Waals surface area (Å²) in [6.07, 6.45) is -0.311. The van der Waals surface area contributed by atoms with Crippen molar-refractivity contribution in [2.75, 3.05) is 19.7 Å². The number of alkyl carbamates (subject to hydrolysis) is 1. The molecule has 13 heavy (non-hydrogen) atoms. The Morgan fingerprint density at radius 3 is 2.85 bits per heavy atom. The quantitative estimate of drug-likeness (QED) is 0.680. The predicted molar refractivity (Wildman–Crippen MR) is 50.6 cm³/mol. The SMILES string of the molecule is CC(C)CNCC1(C)COC(=O)N1. The molecule has 1 amide bonds. The molecule has 4 nitrogen and oxygen atoms in total. The minimum Gasteiger partial charge on any atom is -0.447 e. The molecule has 0 aromatic carbocycles. The first kappa shape index (κ1) is 10.3. The average molecular weight is 186 g/mol. The third kappa shape index (κ3) is 3.22. The maximum Gasteiger partial charge on any atom is 0.407 e. The fraction of sp³-hybridized carbons (Fsp3) is 0.889. The molecule has 0 bridgehead atoms. The van der Waals surface area contributed by atoms with Crippen LogP contribution in [0.2, 0.25) is 0 Å². The number of rotatable bonds is 4. The van der Waals surface area contributed by atoms with Gasteiger partial charge in [-0.1, -0.05) is 13.8 Å². The summed E-state index contributed by atoms with van der Waals surface area (Å²) in [6, 6.07) is 0. The molecule has 1 heterocycles. The molecule has 1 aliphatic rings. The summed E-state index contributed by atoms with van der Waals surface area (Å²) in [4.78, 5) is 10.8. The molecule has 1 saturated heterocycles. The standard InChI is InChI=1S/C9H18N2O2/c1-7(2)4-10-5-9(3)6-13-8(12)11-9/h7,10H,4-6H2,1-3H3,(H,11,12). The highest BCUT2D eigenvalue weighted by Crippen LogP contribution is 2.10. The first-order chi connectivity index (χ1) is 6.02. The lowest BCUT2D eigenvalue weighted by atomic mass is 10.1. The summed E-state index contributed by atoms with van der Waals surface area (Å²) in [5.41, 5.74) is -0.230. The van der Waals surface area contributed by atoms with Crippen molar-refractivity contribution < 1.29 is 9.53 Å². The normalized spacial score (nSPS) is 27.5. The highest BCUT2D eigenvalue weighted by Gasteiger charge is 2.34. The molecule has 76 valence electrons. The second-order valence-corrected chi connectivity index (χ2v) is 4.29. The number of carbonyl (C=O) groups is 1. The van der Waals surface area contributed by atoms with Gasteiger partial charge in [0, 0.05) is 6.54 Å². The van der Waals surface area contributed by atoms with Crippen molar-refractivity contribution in [1.82, 2.24) is 10.6 Å². The number of cyclic esters (lactones) is 1. The predicted octanol–water partition coefficient (Wildman–Crippen LogP) is 0.730. The molecule has 1 atom stereocenters. The number of amides is 1. The van der Waals surface area contributed by atoms with E-state index in [0.29, 0.717) is 12.5 Å². The lowest BCUT2D eigenvalue weighted by Gasteiger charge is -2.21. The summed E-state index contributed by atoms with van der Waals surface area (Å²) in [6.45, 7) is 8.46. The van der Waals surface area contributed by atoms with Gasteiger partial charge in [-0.25, -0.2) is 4.79 Å². The van der Waals surface area contributed by atoms with Gasteiger partial charge in [0.05, 0.1) is 5.54 Å². The van der Waals surface area contributed by atoms with Gasteiger partial charge in [0.15, 0.2) is 0 Å². The topological polar surface area (TPSA) is 50.4 Å². The second kappa shape index (κ2) is 3.96. The van der Waals surface area contributed by atoms with Crippen LogP contribution in [-0.2, 0) is 4.74 Å². The van der Waals surface area contributed by atoms with Crippen LogP contribution in [0, 0.1) is 5.92 Å². The first-order valence-corrected chi connectivity index (χ1v) is 4.67. The van der Waals surface area contributed by atoms with E-state index in [0.717, 1.165) is 13.1 Å². The highest BCUT2D eigenvalue weighted by atomic mass is 16.6. The van der Waals surface area contributed by atoms with Crippen molar-refractivity contribution in [1.29, 1.82) is 0 Å². The second-order valence-electron chi connectivity index (χ2n) is 4.29. The summed E-state index contributed by atoms with van der Waals surface area (Å²) in [5.74, 6) is 0.627. The molecule has 1 rings (SSSR count). The van der Waals surface area contributed by atoms with Crippen LogP contribution in [0.15, 0.2) is 0 Å². The minimum absolute atomic E-state index is 0.230. The Bertz CT molecular complexity index is 194. The van der Waals surface area contributed by atoms with Gasteiger partial charge in [0.25, 0.3) is 0 Å². The van der Waals surface area contributed by atoms with E-state index in [-0.39, 0.29) is 11.6 Å². The Kier molecular flexibility index (Phi) is 3.14. The number of nitrogens with one attached hydrogen (secondary N) is 2. The molecule has 0 aliphatic carbocycles. The first-order valence-electron chi connectivity index (χ1n) is 4.67. The molecule has 0 aromatic rings. The van der Waals surface area contributed by atoms with E-state index in [9.17, 15) is 4.79 Å². The fourth-order valence-electron chi connectivity index (χ4n) is 1.28. The van der Waals surface area contributed by atoms with E-state index in [4.69, 9.17) is 4.74 Å². The van der Waals surface area contributed by atoms with Gasteiger partial charge in [-0.2, -0.15) is 0 Å². The Balaban J connectivity index is 2.24. The highest BCUT2D eigenvalue weighted by molar-refractivity contribution is 5.70. The van der Waals surface area contributed by atoms with Crippen LogP contribution in [0.25, 0.3) is 0 Å². The van der Waals surface area contributed by atoms with Crippen LogP contribution in [0.3, 0.4) is 0 Å². The molecule has 4 heteroatoms. The van der Waals surface area contributed by atoms with Gasteiger partial charge < -0.3 is 15.4 Å². The zero-order valence-corrected chi connectivity index (χ0v) is 8.52. The van der Waals surface area contributed by atoms with E-state index in [1.807, 2.05) is 6.92 Å². The van der Waals surface area contributed by atoms with E-state index in [2.05, 4.69) is 24.5 Å². The minimum atomic E-state index is -0.311. The average Bonchev–Trinajstić information content (AvgIpc) is 2.30. The van der Waals surface area contributed by atoms with Crippen LogP contribution in [-0.4, -0.2) is 31.3 Å². The number of carbonyl (C=O) groups excluding carboxylic acids is 1. The molecule has 0 saturated carbocycles. The van der Waals surface area contributed by atoms with Crippen LogP contribution >= 0.6 is 0 Å². The molecular weight excluding hydrogens is 168 g/mol. The van der Waals surface area contributed by atoms with Crippen molar-refractivity contribution in [2.45, 2.75) is 26.3 Å². The van der Waals surface area contributed by atoms with E-state index >= 15 is 0 Å². The van der Waals surface area contributed by atoms with Gasteiger partial charge in [0.1, 0.15) is 6.61 Å². The Labute approximate surface area is 79.0 Å². The smallest absolute Gasteiger partial charge is 0.407 e. The van der Waals surface area contributed by atoms with Gasteiger partial charge in [-0.05, 0) is 19.4 Å². The third-order valence-electron chi connectivity index (χ3n) is 1.99. The summed E-state index contributed by atoms with van der Waals surface area (Å²) >= 11 is 0. The van der Waals surface area contributed by atoms with Gasteiger partial charge in [-0.3, -0.25) is 0 Å². The molecule has 2 N–H and O–H groups in total. The third-order valence-corrected chi connectivity index (χ3v) is 1.99. The summed E-state index contributed by atoms with van der Waals surface area (Å²) in [7, 11) is 0. The van der Waals surface area contributed by atoms with Crippen molar-refractivity contribution in [3.63, 3.8) is 0 Å². The molecule has 0 spiro atoms. The van der Waals surface area contributed by atoms with Crippen molar-refractivity contribution in [3.8, 4) is 0 Å². The van der Waals surface area contributed by atoms with Crippen molar-refractivity contribution in [3.05, 3.63) is 0 Å². The Morgan fingerprint density at radius 2 is 2.38 bits per heavy atom. The Hall–Kier alpha value is -0.770. The monoisotopic (exact) mass is 186 g/mol. The molecule has 1 aliphatic heterocycles. The number of hydrogen-bond acceptors (Lipinski definition) is 3. The lowest BCUT2D eigenvalue weighted by Crippen LogP contribution is -2.49. The lowest BCUT2D eigenvalue weighted by molar-refractivity contribution is 0.173. The van der Waals surface area contributed by atoms with Gasteiger partial charge in [-0.15, -0.1) is 0 Å². The van der Waals surface area contributed by atoms with E-state index in [1.54, 1.807) is 0 Å². The van der Waals surface area contributed by atoms with Gasteiger partial charge in [0.2, 0.25) is 0 Å². The van der Waals surface area contributed by atoms with Crippen molar-refractivity contribution >= 4 is 6.09 Å². The fourth-order valence-corrected chi connectivity index (χ4v) is 1.28.